The lowest BCUT2D eigenvalue weighted by atomic mass is 10.2. The summed E-state index contributed by atoms with van der Waals surface area (Å²) in [5.41, 5.74) is 0.315. The summed E-state index contributed by atoms with van der Waals surface area (Å²) in [6, 6.07) is 4.15. The lowest BCUT2D eigenvalue weighted by Gasteiger charge is -2.09. The molecule has 18 heavy (non-hydrogen) atoms. The van der Waals surface area contributed by atoms with Crippen LogP contribution in [0.25, 0.3) is 0 Å². The third-order valence-corrected chi connectivity index (χ3v) is 4.01. The van der Waals surface area contributed by atoms with Crippen molar-refractivity contribution >= 4 is 44.9 Å². The van der Waals surface area contributed by atoms with Gasteiger partial charge in [-0.05, 0) is 18.2 Å². The summed E-state index contributed by atoms with van der Waals surface area (Å²) in [4.78, 5) is 11.3. The van der Waals surface area contributed by atoms with Crippen LogP contribution in [-0.4, -0.2) is 33.1 Å². The van der Waals surface area contributed by atoms with Crippen LogP contribution in [0.5, 0.6) is 0 Å². The molecule has 0 spiro atoms. The second kappa shape index (κ2) is 6.26. The summed E-state index contributed by atoms with van der Waals surface area (Å²) in [5, 5.41) is 0.181. The van der Waals surface area contributed by atoms with E-state index in [-0.39, 0.29) is 27.9 Å². The van der Waals surface area contributed by atoms with Crippen LogP contribution in [0.2, 0.25) is 5.02 Å². The Hall–Kier alpha value is -0.980. The molecule has 5 nitrogen and oxygen atoms in total. The molecular formula is C10H11Cl2NO4S. The van der Waals surface area contributed by atoms with E-state index in [4.69, 9.17) is 23.2 Å². The first kappa shape index (κ1) is 15.1. The largest absolute Gasteiger partial charge is 0.465 e. The van der Waals surface area contributed by atoms with Gasteiger partial charge in [-0.1, -0.05) is 11.6 Å². The number of rotatable bonds is 5. The first-order valence-electron chi connectivity index (χ1n) is 4.84. The van der Waals surface area contributed by atoms with Crippen molar-refractivity contribution in [1.29, 1.82) is 0 Å². The Bertz CT molecular complexity index is 545. The van der Waals surface area contributed by atoms with Crippen molar-refractivity contribution < 1.29 is 17.9 Å². The Kier molecular flexibility index (Phi) is 5.25. The van der Waals surface area contributed by atoms with Gasteiger partial charge >= 0.3 is 5.97 Å². The van der Waals surface area contributed by atoms with Gasteiger partial charge in [0.1, 0.15) is 0 Å². The Morgan fingerprint density at radius 2 is 2.11 bits per heavy atom. The number of halogens is 2. The zero-order chi connectivity index (χ0) is 13.8. The molecule has 1 rings (SSSR count). The van der Waals surface area contributed by atoms with E-state index in [2.05, 4.69) is 9.46 Å². The number of sulfonamides is 1. The Balaban J connectivity index is 3.05. The maximum atomic E-state index is 11.5. The van der Waals surface area contributed by atoms with E-state index >= 15 is 0 Å². The van der Waals surface area contributed by atoms with Crippen molar-refractivity contribution in [2.75, 3.05) is 23.5 Å². The summed E-state index contributed by atoms with van der Waals surface area (Å²) in [6.07, 6.45) is 0. The number of carbonyl (C=O) groups excluding carboxylic acids is 1. The molecule has 1 aromatic rings. The van der Waals surface area contributed by atoms with Crippen LogP contribution < -0.4 is 4.72 Å². The van der Waals surface area contributed by atoms with E-state index < -0.39 is 16.0 Å². The van der Waals surface area contributed by atoms with Gasteiger partial charge in [-0.3, -0.25) is 4.72 Å². The Labute approximate surface area is 115 Å². The quantitative estimate of drug-likeness (QED) is 0.667. The van der Waals surface area contributed by atoms with Gasteiger partial charge in [0.2, 0.25) is 10.0 Å². The second-order valence-electron chi connectivity index (χ2n) is 3.30. The van der Waals surface area contributed by atoms with Crippen LogP contribution in [-0.2, 0) is 14.8 Å². The van der Waals surface area contributed by atoms with E-state index in [1.54, 1.807) is 0 Å². The molecule has 100 valence electrons. The fourth-order valence-electron chi connectivity index (χ4n) is 1.17. The minimum atomic E-state index is -3.57. The van der Waals surface area contributed by atoms with Gasteiger partial charge in [0.05, 0.1) is 29.1 Å². The summed E-state index contributed by atoms with van der Waals surface area (Å²) in [7, 11) is -2.34. The number of hydrogen-bond acceptors (Lipinski definition) is 4. The molecule has 1 N–H and O–H groups in total. The SMILES string of the molecule is COC(=O)c1ccc(Cl)c(NS(=O)(=O)CCCl)c1. The van der Waals surface area contributed by atoms with Crippen molar-refractivity contribution in [3.8, 4) is 0 Å². The highest BCUT2D eigenvalue weighted by molar-refractivity contribution is 7.92. The highest BCUT2D eigenvalue weighted by Gasteiger charge is 2.14. The van der Waals surface area contributed by atoms with Gasteiger partial charge in [0.15, 0.2) is 0 Å². The van der Waals surface area contributed by atoms with Gasteiger partial charge in [-0.2, -0.15) is 0 Å². The predicted octanol–water partition coefficient (Wildman–Crippen LogP) is 2.11. The minimum absolute atomic E-state index is 0.0381. The van der Waals surface area contributed by atoms with Gasteiger partial charge in [0.25, 0.3) is 0 Å². The van der Waals surface area contributed by atoms with Crippen molar-refractivity contribution in [3.05, 3.63) is 28.8 Å². The molecule has 8 heteroatoms. The first-order chi connectivity index (χ1) is 8.39. The summed E-state index contributed by atoms with van der Waals surface area (Å²) < 4.78 is 29.8. The standard InChI is InChI=1S/C10H11Cl2NO4S/c1-17-10(14)7-2-3-8(12)9(6-7)13-18(15,16)5-4-11/h2-3,6,13H,4-5H2,1H3. The Morgan fingerprint density at radius 1 is 1.44 bits per heavy atom. The molecule has 0 saturated carbocycles. The monoisotopic (exact) mass is 311 g/mol. The van der Waals surface area contributed by atoms with Crippen LogP contribution >= 0.6 is 23.2 Å². The summed E-state index contributed by atoms with van der Waals surface area (Å²) in [5.74, 6) is -0.860. The second-order valence-corrected chi connectivity index (χ2v) is 5.92. The van der Waals surface area contributed by atoms with E-state index in [0.717, 1.165) is 0 Å². The topological polar surface area (TPSA) is 72.5 Å². The van der Waals surface area contributed by atoms with Crippen molar-refractivity contribution in [2.45, 2.75) is 0 Å². The number of ether oxygens (including phenoxy) is 1. The minimum Gasteiger partial charge on any atom is -0.465 e. The molecule has 0 aliphatic heterocycles. The van der Waals surface area contributed by atoms with Crippen LogP contribution in [0.3, 0.4) is 0 Å². The average Bonchev–Trinajstić information content (AvgIpc) is 2.30. The highest BCUT2D eigenvalue weighted by Crippen LogP contribution is 2.24. The van der Waals surface area contributed by atoms with Gasteiger partial charge in [-0.25, -0.2) is 13.2 Å². The number of esters is 1. The molecule has 0 fully saturated rings. The molecule has 0 aliphatic rings. The molecule has 0 bridgehead atoms. The maximum absolute atomic E-state index is 11.5. The normalized spacial score (nSPS) is 11.1. The van der Waals surface area contributed by atoms with Gasteiger partial charge in [0, 0.05) is 5.88 Å². The Morgan fingerprint density at radius 3 is 2.67 bits per heavy atom. The average molecular weight is 312 g/mol. The first-order valence-corrected chi connectivity index (χ1v) is 7.40. The maximum Gasteiger partial charge on any atom is 0.337 e. The smallest absolute Gasteiger partial charge is 0.337 e. The number of benzene rings is 1. The number of carbonyl (C=O) groups is 1. The van der Waals surface area contributed by atoms with Crippen molar-refractivity contribution in [3.63, 3.8) is 0 Å². The summed E-state index contributed by atoms with van der Waals surface area (Å²) >= 11 is 11.2. The fraction of sp³-hybridized carbons (Fsp3) is 0.300. The van der Waals surface area contributed by atoms with E-state index in [1.165, 1.54) is 25.3 Å². The third kappa shape index (κ3) is 4.04. The zero-order valence-corrected chi connectivity index (χ0v) is 11.8. The van der Waals surface area contributed by atoms with Gasteiger partial charge in [-0.15, -0.1) is 11.6 Å². The molecule has 0 heterocycles. The number of alkyl halides is 1. The molecule has 0 aliphatic carbocycles. The van der Waals surface area contributed by atoms with E-state index in [1.807, 2.05) is 0 Å². The number of anilines is 1. The van der Waals surface area contributed by atoms with E-state index in [0.29, 0.717) is 0 Å². The molecule has 0 unspecified atom stereocenters. The summed E-state index contributed by atoms with van der Waals surface area (Å²) in [6.45, 7) is 0. The number of hydrogen-bond donors (Lipinski definition) is 1. The molecular weight excluding hydrogens is 301 g/mol. The van der Waals surface area contributed by atoms with Crippen LogP contribution in [0, 0.1) is 0 Å². The lowest BCUT2D eigenvalue weighted by Crippen LogP contribution is -2.18. The van der Waals surface area contributed by atoms with E-state index in [9.17, 15) is 13.2 Å². The van der Waals surface area contributed by atoms with Crippen LogP contribution in [0.1, 0.15) is 10.4 Å². The van der Waals surface area contributed by atoms with Crippen LogP contribution in [0.4, 0.5) is 5.69 Å². The van der Waals surface area contributed by atoms with Crippen molar-refractivity contribution in [1.82, 2.24) is 0 Å². The van der Waals surface area contributed by atoms with Crippen LogP contribution in [0.15, 0.2) is 18.2 Å². The molecule has 1 aromatic carbocycles. The molecule has 0 aromatic heterocycles. The molecule has 0 amide bonds. The molecule has 0 radical (unpaired) electrons. The molecule has 0 atom stereocenters. The molecule has 0 saturated heterocycles. The number of methoxy groups -OCH3 is 1. The van der Waals surface area contributed by atoms with Crippen molar-refractivity contribution in [2.24, 2.45) is 0 Å². The highest BCUT2D eigenvalue weighted by atomic mass is 35.5. The predicted molar refractivity (Wildman–Crippen MR) is 70.9 cm³/mol. The third-order valence-electron chi connectivity index (χ3n) is 2.00. The fourth-order valence-corrected chi connectivity index (χ4v) is 2.81. The lowest BCUT2D eigenvalue weighted by molar-refractivity contribution is 0.0601. The number of nitrogens with one attached hydrogen (secondary N) is 1. The van der Waals surface area contributed by atoms with Gasteiger partial charge < -0.3 is 4.74 Å². The zero-order valence-electron chi connectivity index (χ0n) is 9.44.